The Labute approximate surface area is 124 Å². The molecule has 4 rings (SSSR count). The van der Waals surface area contributed by atoms with Crippen LogP contribution in [0.4, 0.5) is 0 Å². The number of hydrogen-bond acceptors (Lipinski definition) is 1. The number of halogens is 2. The third-order valence-electron chi connectivity index (χ3n) is 4.15. The Morgan fingerprint density at radius 2 is 1.84 bits per heavy atom. The molecule has 2 aromatic carbocycles. The third-order valence-corrected chi connectivity index (χ3v) is 4.50. The van der Waals surface area contributed by atoms with Crippen LogP contribution in [0.1, 0.15) is 22.7 Å². The lowest BCUT2D eigenvalue weighted by atomic mass is 9.78. The van der Waals surface area contributed by atoms with Gasteiger partial charge in [0.1, 0.15) is 0 Å². The highest BCUT2D eigenvalue weighted by Crippen LogP contribution is 2.43. The summed E-state index contributed by atoms with van der Waals surface area (Å²) in [7, 11) is 0. The highest BCUT2D eigenvalue weighted by molar-refractivity contribution is 6.31. The summed E-state index contributed by atoms with van der Waals surface area (Å²) in [5.74, 6) is 0. The molecule has 1 unspecified atom stereocenters. The highest BCUT2D eigenvalue weighted by atomic mass is 35.5. The van der Waals surface area contributed by atoms with Crippen LogP contribution in [0.15, 0.2) is 36.4 Å². The monoisotopic (exact) mass is 291 g/mol. The molecular weight excluding hydrogens is 277 g/mol. The van der Waals surface area contributed by atoms with Crippen LogP contribution < -0.4 is 5.32 Å². The Balaban J connectivity index is 0.00000110. The van der Waals surface area contributed by atoms with Gasteiger partial charge in [-0.25, -0.2) is 0 Å². The number of hydrogen-bond donors (Lipinski definition) is 1. The summed E-state index contributed by atoms with van der Waals surface area (Å²) in [6, 6.07) is 13.4. The van der Waals surface area contributed by atoms with Crippen molar-refractivity contribution in [3.8, 4) is 11.1 Å². The quantitative estimate of drug-likeness (QED) is 0.768. The maximum Gasteiger partial charge on any atom is 0.0444 e. The molecule has 3 heteroatoms. The van der Waals surface area contributed by atoms with Crippen LogP contribution in [0.2, 0.25) is 5.02 Å². The number of nitrogens with one attached hydrogen (secondary N) is 1. The lowest BCUT2D eigenvalue weighted by molar-refractivity contribution is 0.499. The number of rotatable bonds is 0. The van der Waals surface area contributed by atoms with Crippen LogP contribution in [0.25, 0.3) is 11.1 Å². The summed E-state index contributed by atoms with van der Waals surface area (Å²) in [6.45, 7) is 1.07. The fourth-order valence-corrected chi connectivity index (χ4v) is 3.61. The van der Waals surface area contributed by atoms with Crippen LogP contribution in [-0.2, 0) is 12.8 Å². The molecule has 0 amide bonds. The topological polar surface area (TPSA) is 12.0 Å². The van der Waals surface area contributed by atoms with Crippen molar-refractivity contribution in [3.63, 3.8) is 0 Å². The van der Waals surface area contributed by atoms with E-state index in [0.717, 1.165) is 24.4 Å². The Hall–Kier alpha value is -1.02. The van der Waals surface area contributed by atoms with Gasteiger partial charge in [-0.3, -0.25) is 0 Å². The molecule has 98 valence electrons. The van der Waals surface area contributed by atoms with E-state index in [4.69, 9.17) is 11.6 Å². The molecule has 2 aromatic rings. The van der Waals surface area contributed by atoms with Crippen molar-refractivity contribution in [1.82, 2.24) is 5.32 Å². The van der Waals surface area contributed by atoms with E-state index in [1.807, 2.05) is 6.07 Å². The minimum atomic E-state index is 0. The van der Waals surface area contributed by atoms with E-state index in [9.17, 15) is 0 Å². The maximum absolute atomic E-state index is 6.36. The molecule has 1 N–H and O–H groups in total. The summed E-state index contributed by atoms with van der Waals surface area (Å²) < 4.78 is 0. The van der Waals surface area contributed by atoms with Gasteiger partial charge in [0.2, 0.25) is 0 Å². The van der Waals surface area contributed by atoms with Crippen molar-refractivity contribution in [2.45, 2.75) is 18.9 Å². The van der Waals surface area contributed by atoms with Gasteiger partial charge >= 0.3 is 0 Å². The van der Waals surface area contributed by atoms with Crippen LogP contribution >= 0.6 is 24.0 Å². The highest BCUT2D eigenvalue weighted by Gasteiger charge is 2.29. The van der Waals surface area contributed by atoms with E-state index in [2.05, 4.69) is 35.6 Å². The molecule has 1 atom stereocenters. The van der Waals surface area contributed by atoms with Crippen molar-refractivity contribution >= 4 is 24.0 Å². The predicted octanol–water partition coefficient (Wildman–Crippen LogP) is 4.17. The molecule has 1 nitrogen and oxygen atoms in total. The minimum absolute atomic E-state index is 0. The zero-order chi connectivity index (χ0) is 12.1. The molecule has 1 heterocycles. The van der Waals surface area contributed by atoms with Crippen LogP contribution in [0.5, 0.6) is 0 Å². The molecule has 0 aromatic heterocycles. The molecule has 1 aliphatic carbocycles. The van der Waals surface area contributed by atoms with E-state index in [-0.39, 0.29) is 12.4 Å². The standard InChI is InChI=1S/C16H14ClN.ClH/c17-14-6-2-4-11-12-5-1-3-10-7-8-18-15(16(10)12)9-13(11)14;/h1-6,15,18H,7-9H2;1H. The Morgan fingerprint density at radius 1 is 1.05 bits per heavy atom. The molecule has 0 saturated carbocycles. The fraction of sp³-hybridized carbons (Fsp3) is 0.250. The second-order valence-corrected chi connectivity index (χ2v) is 5.51. The first kappa shape index (κ1) is 13.0. The first-order valence-electron chi connectivity index (χ1n) is 6.47. The Morgan fingerprint density at radius 3 is 2.74 bits per heavy atom. The van der Waals surface area contributed by atoms with Gasteiger partial charge in [-0.1, -0.05) is 41.9 Å². The van der Waals surface area contributed by atoms with E-state index >= 15 is 0 Å². The van der Waals surface area contributed by atoms with E-state index in [1.54, 1.807) is 0 Å². The summed E-state index contributed by atoms with van der Waals surface area (Å²) in [5.41, 5.74) is 6.98. The van der Waals surface area contributed by atoms with Crippen molar-refractivity contribution in [3.05, 3.63) is 58.1 Å². The second kappa shape index (κ2) is 4.82. The van der Waals surface area contributed by atoms with Crippen molar-refractivity contribution in [1.29, 1.82) is 0 Å². The lowest BCUT2D eigenvalue weighted by Gasteiger charge is -2.34. The van der Waals surface area contributed by atoms with Gasteiger partial charge in [-0.2, -0.15) is 0 Å². The van der Waals surface area contributed by atoms with Crippen LogP contribution in [0.3, 0.4) is 0 Å². The van der Waals surface area contributed by atoms with Gasteiger partial charge in [-0.15, -0.1) is 12.4 Å². The Bertz CT molecular complexity index is 637. The van der Waals surface area contributed by atoms with Crippen molar-refractivity contribution in [2.75, 3.05) is 6.54 Å². The third kappa shape index (κ3) is 1.88. The molecule has 0 radical (unpaired) electrons. The van der Waals surface area contributed by atoms with Gasteiger partial charge in [0.15, 0.2) is 0 Å². The summed E-state index contributed by atoms with van der Waals surface area (Å²) in [4.78, 5) is 0. The zero-order valence-corrected chi connectivity index (χ0v) is 12.0. The molecule has 2 aliphatic rings. The molecule has 19 heavy (non-hydrogen) atoms. The van der Waals surface area contributed by atoms with E-state index in [1.165, 1.54) is 27.8 Å². The Kier molecular flexibility index (Phi) is 3.30. The molecule has 0 saturated heterocycles. The maximum atomic E-state index is 6.36. The first-order valence-corrected chi connectivity index (χ1v) is 6.85. The van der Waals surface area contributed by atoms with Crippen molar-refractivity contribution < 1.29 is 0 Å². The SMILES string of the molecule is Cl.Clc1cccc2c1CC1NCCc3cccc-2c31. The van der Waals surface area contributed by atoms with Crippen LogP contribution in [-0.4, -0.2) is 6.54 Å². The second-order valence-electron chi connectivity index (χ2n) is 5.11. The number of benzene rings is 2. The normalized spacial score (nSPS) is 19.1. The zero-order valence-electron chi connectivity index (χ0n) is 10.4. The van der Waals surface area contributed by atoms with E-state index < -0.39 is 0 Å². The molecule has 1 aliphatic heterocycles. The van der Waals surface area contributed by atoms with Crippen LogP contribution in [0, 0.1) is 0 Å². The molecule has 0 spiro atoms. The van der Waals surface area contributed by atoms with E-state index in [0.29, 0.717) is 6.04 Å². The summed E-state index contributed by atoms with van der Waals surface area (Å²) in [6.07, 6.45) is 2.15. The van der Waals surface area contributed by atoms with Gasteiger partial charge in [0.05, 0.1) is 0 Å². The van der Waals surface area contributed by atoms with Gasteiger partial charge in [0.25, 0.3) is 0 Å². The summed E-state index contributed by atoms with van der Waals surface area (Å²) in [5, 5.41) is 4.53. The lowest BCUT2D eigenvalue weighted by Crippen LogP contribution is -2.33. The smallest absolute Gasteiger partial charge is 0.0444 e. The van der Waals surface area contributed by atoms with Crippen molar-refractivity contribution in [2.24, 2.45) is 0 Å². The molecule has 0 bridgehead atoms. The van der Waals surface area contributed by atoms with Gasteiger partial charge in [0, 0.05) is 11.1 Å². The molecular formula is C16H15Cl2N. The summed E-state index contributed by atoms with van der Waals surface area (Å²) >= 11 is 6.36. The minimum Gasteiger partial charge on any atom is -0.309 e. The predicted molar refractivity (Wildman–Crippen MR) is 82.3 cm³/mol. The fourth-order valence-electron chi connectivity index (χ4n) is 3.36. The largest absolute Gasteiger partial charge is 0.309 e. The molecule has 0 fully saturated rings. The number of fused-ring (bicyclic) bond motifs is 2. The average Bonchev–Trinajstić information content (AvgIpc) is 2.41. The van der Waals surface area contributed by atoms with Gasteiger partial charge < -0.3 is 5.32 Å². The van der Waals surface area contributed by atoms with Gasteiger partial charge in [-0.05, 0) is 53.3 Å². The average molecular weight is 292 g/mol. The first-order chi connectivity index (χ1) is 8.84.